The second kappa shape index (κ2) is 4.84. The van der Waals surface area contributed by atoms with Crippen LogP contribution in [-0.2, 0) is 12.8 Å². The summed E-state index contributed by atoms with van der Waals surface area (Å²) in [5, 5.41) is 7.70. The molecule has 1 aromatic heterocycles. The molecule has 2 aromatic carbocycles. The molecule has 0 saturated heterocycles. The van der Waals surface area contributed by atoms with Crippen molar-refractivity contribution in [2.24, 2.45) is 0 Å². The summed E-state index contributed by atoms with van der Waals surface area (Å²) >= 11 is 0. The average Bonchev–Trinajstić information content (AvgIpc) is 3.13. The maximum Gasteiger partial charge on any atom is 0.167 e. The molecule has 0 spiro atoms. The fourth-order valence-electron chi connectivity index (χ4n) is 2.91. The van der Waals surface area contributed by atoms with Crippen molar-refractivity contribution in [3.8, 4) is 0 Å². The first-order chi connectivity index (χ1) is 10.7. The third kappa shape index (κ3) is 2.09. The Kier molecular flexibility index (Phi) is 2.82. The number of benzene rings is 2. The molecule has 3 N–H and O–H groups in total. The van der Waals surface area contributed by atoms with Crippen LogP contribution in [0.3, 0.4) is 0 Å². The summed E-state index contributed by atoms with van der Waals surface area (Å²) in [6.45, 7) is 0. The molecule has 4 rings (SSSR count). The Morgan fingerprint density at radius 1 is 1.23 bits per heavy atom. The van der Waals surface area contributed by atoms with E-state index in [-0.39, 0.29) is 5.78 Å². The number of carbonyl (C=O) groups excluding carboxylic acids is 1. The van der Waals surface area contributed by atoms with Gasteiger partial charge >= 0.3 is 0 Å². The van der Waals surface area contributed by atoms with Crippen molar-refractivity contribution in [1.29, 1.82) is 0 Å². The van der Waals surface area contributed by atoms with Gasteiger partial charge in [-0.05, 0) is 41.3 Å². The Hall–Kier alpha value is -2.88. The predicted molar refractivity (Wildman–Crippen MR) is 87.7 cm³/mol. The van der Waals surface area contributed by atoms with E-state index in [1.54, 1.807) is 0 Å². The molecule has 0 unspecified atom stereocenters. The largest absolute Gasteiger partial charge is 0.382 e. The van der Waals surface area contributed by atoms with Gasteiger partial charge in [-0.2, -0.15) is 5.10 Å². The summed E-state index contributed by atoms with van der Waals surface area (Å²) in [7, 11) is 0. The van der Waals surface area contributed by atoms with E-state index in [9.17, 15) is 4.79 Å². The summed E-state index contributed by atoms with van der Waals surface area (Å²) < 4.78 is 0. The van der Waals surface area contributed by atoms with E-state index in [0.29, 0.717) is 12.2 Å². The van der Waals surface area contributed by atoms with Crippen molar-refractivity contribution < 1.29 is 4.79 Å². The summed E-state index contributed by atoms with van der Waals surface area (Å²) in [6, 6.07) is 11.7. The predicted octanol–water partition coefficient (Wildman–Crippen LogP) is 3.14. The van der Waals surface area contributed by atoms with E-state index in [0.717, 1.165) is 28.5 Å². The lowest BCUT2D eigenvalue weighted by Crippen LogP contribution is -2.04. The molecule has 0 fully saturated rings. The van der Waals surface area contributed by atoms with E-state index in [2.05, 4.69) is 22.3 Å². The van der Waals surface area contributed by atoms with Crippen molar-refractivity contribution >= 4 is 28.6 Å². The van der Waals surface area contributed by atoms with Crippen molar-refractivity contribution in [1.82, 2.24) is 10.2 Å². The number of rotatable bonds is 3. The zero-order valence-electron chi connectivity index (χ0n) is 12.0. The van der Waals surface area contributed by atoms with Crippen LogP contribution in [0.2, 0.25) is 0 Å². The number of ketones is 1. The summed E-state index contributed by atoms with van der Waals surface area (Å²) in [5.41, 5.74) is 10.9. The highest BCUT2D eigenvalue weighted by Crippen LogP contribution is 2.23. The fourth-order valence-corrected chi connectivity index (χ4v) is 2.91. The van der Waals surface area contributed by atoms with Gasteiger partial charge < -0.3 is 5.73 Å². The zero-order valence-corrected chi connectivity index (χ0v) is 12.0. The molecule has 0 aliphatic heterocycles. The van der Waals surface area contributed by atoms with Gasteiger partial charge in [0.25, 0.3) is 0 Å². The minimum absolute atomic E-state index is 0.121. The molecule has 0 amide bonds. The van der Waals surface area contributed by atoms with E-state index in [1.165, 1.54) is 11.1 Å². The van der Waals surface area contributed by atoms with Crippen molar-refractivity contribution in [3.05, 3.63) is 64.7 Å². The maximum atomic E-state index is 12.5. The first-order valence-corrected chi connectivity index (χ1v) is 7.26. The monoisotopic (exact) mass is 289 g/mol. The second-order valence-corrected chi connectivity index (χ2v) is 5.61. The SMILES string of the molecule is Nc1n[nH]c2ccc(CC(=O)c3ccc4c(c3)CC=C4)cc12. The molecule has 4 nitrogen and oxygen atoms in total. The van der Waals surface area contributed by atoms with Gasteiger partial charge in [0, 0.05) is 17.4 Å². The molecule has 0 bridgehead atoms. The number of anilines is 1. The van der Waals surface area contributed by atoms with Crippen LogP contribution in [0.4, 0.5) is 5.82 Å². The molecule has 4 heteroatoms. The summed E-state index contributed by atoms with van der Waals surface area (Å²) in [4.78, 5) is 12.5. The smallest absolute Gasteiger partial charge is 0.167 e. The van der Waals surface area contributed by atoms with Crippen molar-refractivity contribution in [3.63, 3.8) is 0 Å². The third-order valence-electron chi connectivity index (χ3n) is 4.12. The molecule has 1 aliphatic carbocycles. The van der Waals surface area contributed by atoms with Gasteiger partial charge in [0.1, 0.15) is 0 Å². The van der Waals surface area contributed by atoms with Gasteiger partial charge in [-0.3, -0.25) is 9.89 Å². The number of H-pyrrole nitrogens is 1. The minimum atomic E-state index is 0.121. The Bertz CT molecular complexity index is 921. The van der Waals surface area contributed by atoms with E-state index in [4.69, 9.17) is 5.73 Å². The first kappa shape index (κ1) is 12.8. The quantitative estimate of drug-likeness (QED) is 0.728. The van der Waals surface area contributed by atoms with Gasteiger partial charge in [-0.1, -0.05) is 30.4 Å². The first-order valence-electron chi connectivity index (χ1n) is 7.26. The zero-order chi connectivity index (χ0) is 15.1. The van der Waals surface area contributed by atoms with Crippen LogP contribution in [0.25, 0.3) is 17.0 Å². The van der Waals surface area contributed by atoms with Crippen LogP contribution < -0.4 is 5.73 Å². The van der Waals surface area contributed by atoms with E-state index in [1.807, 2.05) is 36.4 Å². The van der Waals surface area contributed by atoms with Gasteiger partial charge in [0.2, 0.25) is 0 Å². The molecule has 3 aromatic rings. The van der Waals surface area contributed by atoms with Crippen LogP contribution >= 0.6 is 0 Å². The normalized spacial score (nSPS) is 12.7. The average molecular weight is 289 g/mol. The fraction of sp³-hybridized carbons (Fsp3) is 0.111. The minimum Gasteiger partial charge on any atom is -0.382 e. The van der Waals surface area contributed by atoms with Crippen molar-refractivity contribution in [2.45, 2.75) is 12.8 Å². The number of Topliss-reactive ketones (excluding diaryl/α,β-unsaturated/α-hetero) is 1. The molecular formula is C18H15N3O. The number of allylic oxidation sites excluding steroid dienone is 1. The lowest BCUT2D eigenvalue weighted by molar-refractivity contribution is 0.0993. The number of aromatic amines is 1. The van der Waals surface area contributed by atoms with Crippen LogP contribution in [0.5, 0.6) is 0 Å². The standard InChI is InChI=1S/C18H15N3O/c19-18-15-8-11(4-7-16(15)20-21-18)9-17(22)14-6-5-12-2-1-3-13(12)10-14/h1-2,4-8,10H,3,9H2,(H3,19,20,21). The molecule has 108 valence electrons. The third-order valence-corrected chi connectivity index (χ3v) is 4.12. The van der Waals surface area contributed by atoms with Gasteiger partial charge in [0.15, 0.2) is 11.6 Å². The molecule has 1 heterocycles. The second-order valence-electron chi connectivity index (χ2n) is 5.61. The van der Waals surface area contributed by atoms with E-state index >= 15 is 0 Å². The van der Waals surface area contributed by atoms with Crippen molar-refractivity contribution in [2.75, 3.05) is 5.73 Å². The van der Waals surface area contributed by atoms with Gasteiger partial charge in [-0.15, -0.1) is 0 Å². The summed E-state index contributed by atoms with van der Waals surface area (Å²) in [5.74, 6) is 0.587. The lowest BCUT2D eigenvalue weighted by Gasteiger charge is -2.05. The molecule has 0 saturated carbocycles. The van der Waals surface area contributed by atoms with E-state index < -0.39 is 0 Å². The number of aromatic nitrogens is 2. The van der Waals surface area contributed by atoms with Gasteiger partial charge in [-0.25, -0.2) is 0 Å². The van der Waals surface area contributed by atoms with Crippen LogP contribution in [0.15, 0.2) is 42.5 Å². The highest BCUT2D eigenvalue weighted by atomic mass is 16.1. The van der Waals surface area contributed by atoms with Crippen LogP contribution in [-0.4, -0.2) is 16.0 Å². The van der Waals surface area contributed by atoms with Gasteiger partial charge in [0.05, 0.1) is 5.52 Å². The van der Waals surface area contributed by atoms with Crippen LogP contribution in [0, 0.1) is 0 Å². The molecular weight excluding hydrogens is 274 g/mol. The number of nitrogen functional groups attached to an aromatic ring is 1. The molecule has 0 radical (unpaired) electrons. The number of fused-ring (bicyclic) bond motifs is 2. The maximum absolute atomic E-state index is 12.5. The molecule has 22 heavy (non-hydrogen) atoms. The number of carbonyl (C=O) groups is 1. The Labute approximate surface area is 127 Å². The highest BCUT2D eigenvalue weighted by Gasteiger charge is 2.12. The number of nitrogens with two attached hydrogens (primary N) is 1. The highest BCUT2D eigenvalue weighted by molar-refractivity contribution is 5.99. The van der Waals surface area contributed by atoms with Crippen LogP contribution in [0.1, 0.15) is 27.0 Å². The Morgan fingerprint density at radius 2 is 2.14 bits per heavy atom. The Morgan fingerprint density at radius 3 is 3.05 bits per heavy atom. The summed E-state index contributed by atoms with van der Waals surface area (Å²) in [6.07, 6.45) is 5.49. The molecule has 1 aliphatic rings. The molecule has 0 atom stereocenters. The topological polar surface area (TPSA) is 71.8 Å². The lowest BCUT2D eigenvalue weighted by atomic mass is 9.98. The number of nitrogens with zero attached hydrogens (tertiary/aromatic N) is 1. The number of hydrogen-bond donors (Lipinski definition) is 2. The Balaban J connectivity index is 1.61. The number of nitrogens with one attached hydrogen (secondary N) is 1. The number of hydrogen-bond acceptors (Lipinski definition) is 3.